The summed E-state index contributed by atoms with van der Waals surface area (Å²) in [6.07, 6.45) is 53.3. The molecule has 0 radical (unpaired) electrons. The van der Waals surface area contributed by atoms with E-state index in [1.807, 2.05) is 0 Å². The standard InChI is InChI=1S/C61H94O12/c1-4-7-10-13-16-19-22-25-27-30-32-35-38-41-44-47-53(62)69-50-52(71-54(63)48-45-42-39-36-34-31-28-26-23-20-17-14-11-8-5-2)51-70-61-59(57(66)56(65)58(73-61)60(67)68)72-55(64)49-46-43-40-37-33-29-24-21-18-15-12-9-6-3/h7-8,10-12,15-17,19-21,24-28,32,34-36,52,56-59,61,65-66H,4-6,9,13-14,18,22-23,29-31,33,37-51H2,1-3H3,(H,67,68)/b10-7-,11-8-,15-12-,19-16-,20-17-,24-21-,27-25-,28-26-,35-32-,36-34-. The van der Waals surface area contributed by atoms with Gasteiger partial charge in [0.25, 0.3) is 0 Å². The van der Waals surface area contributed by atoms with Crippen molar-refractivity contribution in [2.45, 2.75) is 225 Å². The maximum Gasteiger partial charge on any atom is 0.335 e. The van der Waals surface area contributed by atoms with Crippen LogP contribution in [0.1, 0.15) is 188 Å². The molecule has 3 N–H and O–H groups in total. The predicted molar refractivity (Wildman–Crippen MR) is 293 cm³/mol. The lowest BCUT2D eigenvalue weighted by molar-refractivity contribution is -0.301. The fourth-order valence-electron chi connectivity index (χ4n) is 7.33. The van der Waals surface area contributed by atoms with E-state index in [1.54, 1.807) is 0 Å². The molecule has 12 heteroatoms. The summed E-state index contributed by atoms with van der Waals surface area (Å²) in [5, 5.41) is 31.4. The van der Waals surface area contributed by atoms with E-state index in [1.165, 1.54) is 0 Å². The summed E-state index contributed by atoms with van der Waals surface area (Å²) in [4.78, 5) is 51.0. The minimum Gasteiger partial charge on any atom is -0.479 e. The van der Waals surface area contributed by atoms with Gasteiger partial charge in [-0.1, -0.05) is 168 Å². The van der Waals surface area contributed by atoms with Crippen LogP contribution in [0.2, 0.25) is 0 Å². The van der Waals surface area contributed by atoms with Gasteiger partial charge in [-0.05, 0) is 122 Å². The molecular weight excluding hydrogens is 925 g/mol. The number of hydrogen-bond acceptors (Lipinski definition) is 11. The van der Waals surface area contributed by atoms with Crippen LogP contribution in [0.25, 0.3) is 0 Å². The van der Waals surface area contributed by atoms with Crippen LogP contribution in [-0.4, -0.2) is 89.2 Å². The first-order valence-electron chi connectivity index (χ1n) is 27.5. The molecule has 12 nitrogen and oxygen atoms in total. The highest BCUT2D eigenvalue weighted by molar-refractivity contribution is 5.74. The summed E-state index contributed by atoms with van der Waals surface area (Å²) in [7, 11) is 0. The molecule has 1 aliphatic rings. The number of esters is 3. The van der Waals surface area contributed by atoms with E-state index in [9.17, 15) is 34.5 Å². The number of allylic oxidation sites excluding steroid dienone is 20. The fraction of sp³-hybridized carbons (Fsp3) is 0.607. The van der Waals surface area contributed by atoms with E-state index < -0.39 is 67.3 Å². The molecule has 0 bridgehead atoms. The Morgan fingerprint density at radius 2 is 0.863 bits per heavy atom. The van der Waals surface area contributed by atoms with Crippen LogP contribution < -0.4 is 0 Å². The van der Waals surface area contributed by atoms with Crippen molar-refractivity contribution in [1.82, 2.24) is 0 Å². The van der Waals surface area contributed by atoms with Gasteiger partial charge in [-0.15, -0.1) is 0 Å². The summed E-state index contributed by atoms with van der Waals surface area (Å²) >= 11 is 0. The third-order valence-corrected chi connectivity index (χ3v) is 11.5. The molecule has 6 atom stereocenters. The predicted octanol–water partition coefficient (Wildman–Crippen LogP) is 13.7. The molecule has 0 saturated carbocycles. The summed E-state index contributed by atoms with van der Waals surface area (Å²) in [5.74, 6) is -3.28. The number of aliphatic hydroxyl groups is 2. The molecule has 1 heterocycles. The van der Waals surface area contributed by atoms with E-state index in [0.717, 1.165) is 128 Å². The van der Waals surface area contributed by atoms with Gasteiger partial charge in [0.05, 0.1) is 6.61 Å². The molecule has 0 aliphatic carbocycles. The zero-order valence-electron chi connectivity index (χ0n) is 44.8. The highest BCUT2D eigenvalue weighted by Gasteiger charge is 2.50. The van der Waals surface area contributed by atoms with Gasteiger partial charge in [0, 0.05) is 19.3 Å². The van der Waals surface area contributed by atoms with Crippen molar-refractivity contribution in [2.75, 3.05) is 13.2 Å². The van der Waals surface area contributed by atoms with Crippen molar-refractivity contribution < 1.29 is 58.2 Å². The van der Waals surface area contributed by atoms with Gasteiger partial charge in [-0.2, -0.15) is 0 Å². The molecule has 410 valence electrons. The number of carbonyl (C=O) groups excluding carboxylic acids is 3. The van der Waals surface area contributed by atoms with Gasteiger partial charge in [-0.25, -0.2) is 4.79 Å². The average Bonchev–Trinajstić information content (AvgIpc) is 3.37. The molecule has 1 saturated heterocycles. The number of aliphatic hydroxyl groups excluding tert-OH is 2. The van der Waals surface area contributed by atoms with E-state index in [0.29, 0.717) is 19.3 Å². The molecular formula is C61H94O12. The van der Waals surface area contributed by atoms with Crippen LogP contribution in [-0.2, 0) is 42.9 Å². The minimum absolute atomic E-state index is 0.0281. The number of ether oxygens (including phenoxy) is 5. The monoisotopic (exact) mass is 1020 g/mol. The second-order valence-electron chi connectivity index (χ2n) is 18.1. The molecule has 0 spiro atoms. The molecule has 1 aliphatic heterocycles. The van der Waals surface area contributed by atoms with E-state index in [2.05, 4.69) is 142 Å². The maximum atomic E-state index is 13.1. The van der Waals surface area contributed by atoms with Crippen molar-refractivity contribution in [3.05, 3.63) is 122 Å². The fourth-order valence-corrected chi connectivity index (χ4v) is 7.33. The average molecular weight is 1020 g/mol. The minimum atomic E-state index is -1.93. The largest absolute Gasteiger partial charge is 0.479 e. The summed E-state index contributed by atoms with van der Waals surface area (Å²) < 4.78 is 28.2. The van der Waals surface area contributed by atoms with Crippen molar-refractivity contribution in [2.24, 2.45) is 0 Å². The molecule has 6 unspecified atom stereocenters. The Balaban J connectivity index is 2.80. The summed E-state index contributed by atoms with van der Waals surface area (Å²) in [6, 6.07) is 0. The Morgan fingerprint density at radius 1 is 0.466 bits per heavy atom. The van der Waals surface area contributed by atoms with Gasteiger partial charge in [0.1, 0.15) is 18.8 Å². The lowest BCUT2D eigenvalue weighted by Crippen LogP contribution is -2.61. The molecule has 1 fully saturated rings. The number of carboxylic acids is 1. The van der Waals surface area contributed by atoms with Crippen molar-refractivity contribution in [3.63, 3.8) is 0 Å². The third kappa shape index (κ3) is 38.4. The smallest absolute Gasteiger partial charge is 0.335 e. The number of aliphatic carboxylic acids is 1. The molecule has 1 rings (SSSR count). The number of rotatable bonds is 44. The third-order valence-electron chi connectivity index (χ3n) is 11.5. The first kappa shape index (κ1) is 66.1. The van der Waals surface area contributed by atoms with Crippen molar-refractivity contribution >= 4 is 23.9 Å². The van der Waals surface area contributed by atoms with Crippen LogP contribution >= 0.6 is 0 Å². The van der Waals surface area contributed by atoms with Crippen molar-refractivity contribution in [1.29, 1.82) is 0 Å². The van der Waals surface area contributed by atoms with Crippen molar-refractivity contribution in [3.8, 4) is 0 Å². The Labute approximate surface area is 439 Å². The Hall–Kier alpha value is -4.88. The van der Waals surface area contributed by atoms with Crippen LogP contribution in [0.4, 0.5) is 0 Å². The molecule has 73 heavy (non-hydrogen) atoms. The number of unbranched alkanes of at least 4 members (excludes halogenated alkanes) is 10. The molecule has 0 aromatic carbocycles. The van der Waals surface area contributed by atoms with Crippen LogP contribution in [0.3, 0.4) is 0 Å². The van der Waals surface area contributed by atoms with E-state index >= 15 is 0 Å². The topological polar surface area (TPSA) is 175 Å². The summed E-state index contributed by atoms with van der Waals surface area (Å²) in [5.41, 5.74) is 0. The lowest BCUT2D eigenvalue weighted by atomic mass is 9.98. The first-order valence-corrected chi connectivity index (χ1v) is 27.5. The highest BCUT2D eigenvalue weighted by atomic mass is 16.7. The second kappa shape index (κ2) is 48.1. The number of carbonyl (C=O) groups is 4. The zero-order valence-corrected chi connectivity index (χ0v) is 44.8. The number of hydrogen-bond donors (Lipinski definition) is 3. The van der Waals surface area contributed by atoms with E-state index in [-0.39, 0.29) is 25.9 Å². The van der Waals surface area contributed by atoms with Gasteiger partial charge < -0.3 is 39.0 Å². The van der Waals surface area contributed by atoms with Crippen LogP contribution in [0.15, 0.2) is 122 Å². The first-order chi connectivity index (χ1) is 35.6. The molecule has 0 aromatic heterocycles. The quantitative estimate of drug-likeness (QED) is 0.0228. The van der Waals surface area contributed by atoms with E-state index in [4.69, 9.17) is 23.7 Å². The van der Waals surface area contributed by atoms with Gasteiger partial charge in [0.15, 0.2) is 24.6 Å². The summed E-state index contributed by atoms with van der Waals surface area (Å²) in [6.45, 7) is 5.58. The Bertz CT molecular complexity index is 1730. The zero-order chi connectivity index (χ0) is 53.3. The molecule has 0 amide bonds. The maximum absolute atomic E-state index is 13.1. The molecule has 0 aromatic rings. The lowest BCUT2D eigenvalue weighted by Gasteiger charge is -2.40. The van der Waals surface area contributed by atoms with Gasteiger partial charge in [0.2, 0.25) is 0 Å². The Morgan fingerprint density at radius 3 is 1.34 bits per heavy atom. The Kier molecular flexibility index (Phi) is 43.6. The number of carboxylic acid groups (broad SMARTS) is 1. The van der Waals surface area contributed by atoms with Gasteiger partial charge >= 0.3 is 23.9 Å². The van der Waals surface area contributed by atoms with Crippen LogP contribution in [0, 0.1) is 0 Å². The highest BCUT2D eigenvalue weighted by Crippen LogP contribution is 2.26. The SMILES string of the molecule is CC/C=C\C/C=C\C/C=C\C/C=C\CCCCC(=O)OCC(COC1OC(C(=O)O)C(O)C(O)C1OC(=O)CCCCCCC/C=C\C/C=C\CCC)OC(=O)CCCC/C=C\C/C=C\C/C=C\C/C=C\CC. The normalized spacial score (nSPS) is 19.3. The van der Waals surface area contributed by atoms with Gasteiger partial charge in [-0.3, -0.25) is 14.4 Å². The second-order valence-corrected chi connectivity index (χ2v) is 18.1. The van der Waals surface area contributed by atoms with Crippen LogP contribution in [0.5, 0.6) is 0 Å².